The molecule has 6 heteroatoms. The zero-order chi connectivity index (χ0) is 12.4. The van der Waals surface area contributed by atoms with Gasteiger partial charge in [0.25, 0.3) is 0 Å². The molecule has 2 heterocycles. The third-order valence-corrected chi connectivity index (χ3v) is 2.94. The number of nitro groups is 1. The summed E-state index contributed by atoms with van der Waals surface area (Å²) >= 11 is 0. The van der Waals surface area contributed by atoms with Crippen LogP contribution >= 0.6 is 0 Å². The summed E-state index contributed by atoms with van der Waals surface area (Å²) in [4.78, 5) is 16.7. The van der Waals surface area contributed by atoms with E-state index in [0.29, 0.717) is 12.4 Å². The lowest BCUT2D eigenvalue weighted by molar-refractivity contribution is -0.384. The van der Waals surface area contributed by atoms with Crippen molar-refractivity contribution in [2.45, 2.75) is 25.8 Å². The SMILES string of the molecule is Cc1cnc(N2CCCC(N)C2)c([N+](=O)[O-])c1. The van der Waals surface area contributed by atoms with Gasteiger partial charge in [0.15, 0.2) is 0 Å². The molecule has 1 aliphatic rings. The molecule has 0 aliphatic carbocycles. The molecular formula is C11H16N4O2. The van der Waals surface area contributed by atoms with Gasteiger partial charge in [-0.3, -0.25) is 10.1 Å². The van der Waals surface area contributed by atoms with Gasteiger partial charge >= 0.3 is 5.69 Å². The van der Waals surface area contributed by atoms with E-state index in [0.717, 1.165) is 24.9 Å². The fourth-order valence-electron chi connectivity index (χ4n) is 2.13. The van der Waals surface area contributed by atoms with Crippen molar-refractivity contribution in [3.05, 3.63) is 27.9 Å². The van der Waals surface area contributed by atoms with E-state index in [2.05, 4.69) is 4.98 Å². The van der Waals surface area contributed by atoms with Crippen LogP contribution in [-0.2, 0) is 0 Å². The Hall–Kier alpha value is -1.69. The monoisotopic (exact) mass is 236 g/mol. The van der Waals surface area contributed by atoms with E-state index in [1.165, 1.54) is 0 Å². The quantitative estimate of drug-likeness (QED) is 0.616. The fraction of sp³-hybridized carbons (Fsp3) is 0.545. The van der Waals surface area contributed by atoms with E-state index < -0.39 is 0 Å². The Bertz CT molecular complexity index is 435. The van der Waals surface area contributed by atoms with E-state index in [-0.39, 0.29) is 16.7 Å². The van der Waals surface area contributed by atoms with Crippen LogP contribution in [0.5, 0.6) is 0 Å². The third kappa shape index (κ3) is 2.52. The molecule has 0 spiro atoms. The Kier molecular flexibility index (Phi) is 3.23. The first-order chi connectivity index (χ1) is 8.08. The van der Waals surface area contributed by atoms with Crippen LogP contribution in [0.2, 0.25) is 0 Å². The molecule has 6 nitrogen and oxygen atoms in total. The van der Waals surface area contributed by atoms with Gasteiger partial charge in [-0.05, 0) is 25.3 Å². The number of hydrogen-bond acceptors (Lipinski definition) is 5. The average molecular weight is 236 g/mol. The molecule has 0 amide bonds. The van der Waals surface area contributed by atoms with Gasteiger partial charge in [-0.15, -0.1) is 0 Å². The molecular weight excluding hydrogens is 220 g/mol. The van der Waals surface area contributed by atoms with E-state index >= 15 is 0 Å². The Morgan fingerprint density at radius 2 is 2.41 bits per heavy atom. The summed E-state index contributed by atoms with van der Waals surface area (Å²) in [6, 6.07) is 1.63. The second-order valence-corrected chi connectivity index (χ2v) is 4.46. The molecule has 0 aromatic carbocycles. The average Bonchev–Trinajstić information content (AvgIpc) is 2.28. The van der Waals surface area contributed by atoms with E-state index in [1.807, 2.05) is 4.90 Å². The molecule has 1 saturated heterocycles. The van der Waals surface area contributed by atoms with Crippen LogP contribution in [0, 0.1) is 17.0 Å². The first-order valence-electron chi connectivity index (χ1n) is 5.69. The molecule has 2 rings (SSSR count). The van der Waals surface area contributed by atoms with Crippen LogP contribution in [-0.4, -0.2) is 29.0 Å². The van der Waals surface area contributed by atoms with Crippen molar-refractivity contribution in [2.75, 3.05) is 18.0 Å². The number of anilines is 1. The summed E-state index contributed by atoms with van der Waals surface area (Å²) < 4.78 is 0. The van der Waals surface area contributed by atoms with Crippen molar-refractivity contribution in [3.63, 3.8) is 0 Å². The summed E-state index contributed by atoms with van der Waals surface area (Å²) in [5, 5.41) is 11.0. The lowest BCUT2D eigenvalue weighted by Crippen LogP contribution is -2.43. The maximum Gasteiger partial charge on any atom is 0.311 e. The molecule has 0 bridgehead atoms. The van der Waals surface area contributed by atoms with Gasteiger partial charge in [0.05, 0.1) is 4.92 Å². The highest BCUT2D eigenvalue weighted by Crippen LogP contribution is 2.28. The molecule has 0 saturated carbocycles. The fourth-order valence-corrected chi connectivity index (χ4v) is 2.13. The number of pyridine rings is 1. The van der Waals surface area contributed by atoms with Crippen LogP contribution in [0.1, 0.15) is 18.4 Å². The van der Waals surface area contributed by atoms with Crippen LogP contribution in [0.25, 0.3) is 0 Å². The lowest BCUT2D eigenvalue weighted by Gasteiger charge is -2.31. The van der Waals surface area contributed by atoms with Crippen LogP contribution in [0.15, 0.2) is 12.3 Å². The smallest absolute Gasteiger partial charge is 0.311 e. The van der Waals surface area contributed by atoms with Crippen molar-refractivity contribution >= 4 is 11.5 Å². The normalized spacial score (nSPS) is 20.4. The van der Waals surface area contributed by atoms with Crippen molar-refractivity contribution in [1.29, 1.82) is 0 Å². The van der Waals surface area contributed by atoms with Crippen LogP contribution < -0.4 is 10.6 Å². The number of nitrogens with zero attached hydrogens (tertiary/aromatic N) is 3. The number of hydrogen-bond donors (Lipinski definition) is 1. The van der Waals surface area contributed by atoms with Gasteiger partial charge in [-0.25, -0.2) is 4.98 Å². The minimum absolute atomic E-state index is 0.0686. The van der Waals surface area contributed by atoms with Gasteiger partial charge in [-0.1, -0.05) is 0 Å². The van der Waals surface area contributed by atoms with Gasteiger partial charge in [0.1, 0.15) is 0 Å². The van der Waals surface area contributed by atoms with E-state index in [4.69, 9.17) is 5.73 Å². The molecule has 1 fully saturated rings. The van der Waals surface area contributed by atoms with E-state index in [1.54, 1.807) is 19.2 Å². The highest BCUT2D eigenvalue weighted by atomic mass is 16.6. The minimum Gasteiger partial charge on any atom is -0.349 e. The third-order valence-electron chi connectivity index (χ3n) is 2.94. The first kappa shape index (κ1) is 11.8. The number of piperidine rings is 1. The summed E-state index contributed by atoms with van der Waals surface area (Å²) in [7, 11) is 0. The van der Waals surface area contributed by atoms with Gasteiger partial charge in [-0.2, -0.15) is 0 Å². The largest absolute Gasteiger partial charge is 0.349 e. The van der Waals surface area contributed by atoms with Crippen molar-refractivity contribution in [1.82, 2.24) is 4.98 Å². The summed E-state index contributed by atoms with van der Waals surface area (Å²) in [6.07, 6.45) is 3.58. The Balaban J connectivity index is 2.33. The van der Waals surface area contributed by atoms with Gasteiger partial charge < -0.3 is 10.6 Å². The molecule has 2 N–H and O–H groups in total. The van der Waals surface area contributed by atoms with Crippen LogP contribution in [0.4, 0.5) is 11.5 Å². The number of rotatable bonds is 2. The van der Waals surface area contributed by atoms with Crippen molar-refractivity contribution in [3.8, 4) is 0 Å². The van der Waals surface area contributed by atoms with E-state index in [9.17, 15) is 10.1 Å². The molecule has 1 aromatic heterocycles. The molecule has 1 unspecified atom stereocenters. The maximum atomic E-state index is 11.0. The Morgan fingerprint density at radius 3 is 3.06 bits per heavy atom. The zero-order valence-electron chi connectivity index (χ0n) is 9.80. The Labute approximate surface area is 99.6 Å². The van der Waals surface area contributed by atoms with Crippen molar-refractivity contribution < 1.29 is 4.92 Å². The first-order valence-corrected chi connectivity index (χ1v) is 5.69. The highest BCUT2D eigenvalue weighted by Gasteiger charge is 2.25. The predicted molar refractivity (Wildman–Crippen MR) is 65.1 cm³/mol. The molecule has 1 aliphatic heterocycles. The van der Waals surface area contributed by atoms with Crippen LogP contribution in [0.3, 0.4) is 0 Å². The lowest BCUT2D eigenvalue weighted by atomic mass is 10.1. The van der Waals surface area contributed by atoms with Gasteiger partial charge in [0.2, 0.25) is 5.82 Å². The molecule has 92 valence electrons. The topological polar surface area (TPSA) is 85.3 Å². The zero-order valence-corrected chi connectivity index (χ0v) is 9.80. The minimum atomic E-state index is -0.380. The second kappa shape index (κ2) is 4.67. The van der Waals surface area contributed by atoms with Gasteiger partial charge in [0, 0.05) is 31.4 Å². The summed E-state index contributed by atoms with van der Waals surface area (Å²) in [6.45, 7) is 3.22. The second-order valence-electron chi connectivity index (χ2n) is 4.46. The van der Waals surface area contributed by atoms with Crippen molar-refractivity contribution in [2.24, 2.45) is 5.73 Å². The number of aromatic nitrogens is 1. The Morgan fingerprint density at radius 1 is 1.65 bits per heavy atom. The molecule has 0 radical (unpaired) electrons. The predicted octanol–water partition coefficient (Wildman–Crippen LogP) is 1.23. The molecule has 1 atom stereocenters. The molecule has 1 aromatic rings. The summed E-state index contributed by atoms with van der Waals surface area (Å²) in [5.41, 5.74) is 6.74. The molecule has 17 heavy (non-hydrogen) atoms. The maximum absolute atomic E-state index is 11.0. The highest BCUT2D eigenvalue weighted by molar-refractivity contribution is 5.58. The summed E-state index contributed by atoms with van der Waals surface area (Å²) in [5.74, 6) is 0.441. The standard InChI is InChI=1S/C11H16N4O2/c1-8-5-10(15(16)17)11(13-6-8)14-4-2-3-9(12)7-14/h5-6,9H,2-4,7,12H2,1H3. The number of nitrogens with two attached hydrogens (primary N) is 1. The number of aryl methyl sites for hydroxylation is 1.